The highest BCUT2D eigenvalue weighted by molar-refractivity contribution is 6.21. The first-order valence-corrected chi connectivity index (χ1v) is 7.18. The summed E-state index contributed by atoms with van der Waals surface area (Å²) in [7, 11) is 0. The summed E-state index contributed by atoms with van der Waals surface area (Å²) in [4.78, 5) is 0. The maximum atomic E-state index is 6.61. The third-order valence-corrected chi connectivity index (χ3v) is 4.67. The summed E-state index contributed by atoms with van der Waals surface area (Å²) in [5.74, 6) is 1.74. The Kier molecular flexibility index (Phi) is 3.28. The van der Waals surface area contributed by atoms with Crippen LogP contribution in [0.5, 0.6) is 5.75 Å². The fraction of sp³-hybridized carbons (Fsp3) is 0.600. The molecule has 1 fully saturated rings. The van der Waals surface area contributed by atoms with E-state index in [-0.39, 0.29) is 5.38 Å². The minimum atomic E-state index is 0.199. The van der Waals surface area contributed by atoms with Crippen LogP contribution in [0.25, 0.3) is 0 Å². The van der Waals surface area contributed by atoms with Gasteiger partial charge in [0.05, 0.1) is 12.0 Å². The molecule has 1 aromatic rings. The van der Waals surface area contributed by atoms with Crippen molar-refractivity contribution in [1.82, 2.24) is 0 Å². The monoisotopic (exact) mass is 250 g/mol. The lowest BCUT2D eigenvalue weighted by atomic mass is 9.94. The fourth-order valence-electron chi connectivity index (χ4n) is 3.07. The minimum Gasteiger partial charge on any atom is -0.493 e. The Morgan fingerprint density at radius 3 is 2.82 bits per heavy atom. The largest absolute Gasteiger partial charge is 0.493 e. The summed E-state index contributed by atoms with van der Waals surface area (Å²) >= 11 is 6.61. The summed E-state index contributed by atoms with van der Waals surface area (Å²) in [6.07, 6.45) is 7.55. The lowest BCUT2D eigenvalue weighted by molar-refractivity contribution is 0.288. The van der Waals surface area contributed by atoms with Crippen LogP contribution in [0.3, 0.4) is 0 Å². The standard InChI is InChI=1S/C15H19ClO/c16-15(11-4-1-2-5-11)13-7-8-14-12(10-13)6-3-9-17-14/h7-8,10-11,15H,1-6,9H2. The normalized spacial score (nSPS) is 21.9. The number of hydrogen-bond donors (Lipinski definition) is 0. The molecule has 1 heterocycles. The van der Waals surface area contributed by atoms with E-state index >= 15 is 0 Å². The van der Waals surface area contributed by atoms with E-state index < -0.39 is 0 Å². The third kappa shape index (κ3) is 2.30. The summed E-state index contributed by atoms with van der Waals surface area (Å²) in [5.41, 5.74) is 2.64. The van der Waals surface area contributed by atoms with Crippen molar-refractivity contribution in [3.63, 3.8) is 0 Å². The van der Waals surface area contributed by atoms with Gasteiger partial charge >= 0.3 is 0 Å². The maximum Gasteiger partial charge on any atom is 0.122 e. The van der Waals surface area contributed by atoms with Crippen molar-refractivity contribution < 1.29 is 4.74 Å². The Labute approximate surface area is 108 Å². The third-order valence-electron chi connectivity index (χ3n) is 4.06. The van der Waals surface area contributed by atoms with Crippen LogP contribution in [-0.2, 0) is 6.42 Å². The molecule has 2 heteroatoms. The number of fused-ring (bicyclic) bond motifs is 1. The number of aryl methyl sites for hydroxylation is 1. The fourth-order valence-corrected chi connectivity index (χ4v) is 3.46. The van der Waals surface area contributed by atoms with Gasteiger partial charge in [-0.3, -0.25) is 0 Å². The van der Waals surface area contributed by atoms with Gasteiger partial charge in [-0.05, 0) is 48.8 Å². The van der Waals surface area contributed by atoms with Crippen molar-refractivity contribution in [1.29, 1.82) is 0 Å². The van der Waals surface area contributed by atoms with Gasteiger partial charge in [0.2, 0.25) is 0 Å². The van der Waals surface area contributed by atoms with E-state index in [2.05, 4.69) is 18.2 Å². The van der Waals surface area contributed by atoms with Crippen molar-refractivity contribution in [2.24, 2.45) is 5.92 Å². The topological polar surface area (TPSA) is 9.23 Å². The van der Waals surface area contributed by atoms with Crippen LogP contribution in [0.1, 0.15) is 48.6 Å². The number of halogens is 1. The Hall–Kier alpha value is -0.690. The van der Waals surface area contributed by atoms with Gasteiger partial charge in [-0.1, -0.05) is 25.0 Å². The highest BCUT2D eigenvalue weighted by atomic mass is 35.5. The molecular weight excluding hydrogens is 232 g/mol. The minimum absolute atomic E-state index is 0.199. The van der Waals surface area contributed by atoms with Crippen molar-refractivity contribution in [2.45, 2.75) is 43.9 Å². The molecule has 1 saturated carbocycles. The van der Waals surface area contributed by atoms with Crippen molar-refractivity contribution in [2.75, 3.05) is 6.61 Å². The molecular formula is C15H19ClO. The zero-order valence-electron chi connectivity index (χ0n) is 10.1. The van der Waals surface area contributed by atoms with E-state index in [1.165, 1.54) is 36.8 Å². The predicted octanol–water partition coefficient (Wildman–Crippen LogP) is 4.48. The summed E-state index contributed by atoms with van der Waals surface area (Å²) < 4.78 is 5.64. The van der Waals surface area contributed by atoms with E-state index in [0.717, 1.165) is 25.2 Å². The molecule has 0 aromatic heterocycles. The van der Waals surface area contributed by atoms with E-state index in [1.54, 1.807) is 0 Å². The molecule has 0 N–H and O–H groups in total. The Morgan fingerprint density at radius 2 is 2.00 bits per heavy atom. The van der Waals surface area contributed by atoms with Gasteiger partial charge in [0, 0.05) is 0 Å². The smallest absolute Gasteiger partial charge is 0.122 e. The lowest BCUT2D eigenvalue weighted by Gasteiger charge is -2.21. The average molecular weight is 251 g/mol. The van der Waals surface area contributed by atoms with Crippen LogP contribution in [0, 0.1) is 5.92 Å². The van der Waals surface area contributed by atoms with E-state index in [9.17, 15) is 0 Å². The molecule has 0 radical (unpaired) electrons. The molecule has 17 heavy (non-hydrogen) atoms. The molecule has 1 unspecified atom stereocenters. The Balaban J connectivity index is 1.82. The van der Waals surface area contributed by atoms with Gasteiger partial charge in [-0.15, -0.1) is 11.6 Å². The van der Waals surface area contributed by atoms with Gasteiger partial charge < -0.3 is 4.74 Å². The van der Waals surface area contributed by atoms with E-state index in [0.29, 0.717) is 5.92 Å². The first kappa shape index (κ1) is 11.4. The summed E-state index contributed by atoms with van der Waals surface area (Å²) in [6, 6.07) is 6.53. The molecule has 1 aliphatic heterocycles. The van der Waals surface area contributed by atoms with E-state index in [1.807, 2.05) is 0 Å². The number of ether oxygens (including phenoxy) is 1. The van der Waals surface area contributed by atoms with Crippen LogP contribution in [0.15, 0.2) is 18.2 Å². The molecule has 3 rings (SSSR count). The molecule has 0 bridgehead atoms. The first-order valence-electron chi connectivity index (χ1n) is 6.74. The number of benzene rings is 1. The number of alkyl halides is 1. The Morgan fingerprint density at radius 1 is 1.18 bits per heavy atom. The first-order chi connectivity index (χ1) is 8.34. The van der Waals surface area contributed by atoms with Crippen LogP contribution < -0.4 is 4.74 Å². The van der Waals surface area contributed by atoms with Crippen molar-refractivity contribution in [3.05, 3.63) is 29.3 Å². The predicted molar refractivity (Wildman–Crippen MR) is 70.8 cm³/mol. The zero-order valence-corrected chi connectivity index (χ0v) is 10.9. The molecule has 0 amide bonds. The molecule has 1 aliphatic carbocycles. The highest BCUT2D eigenvalue weighted by Crippen LogP contribution is 2.41. The second-order valence-electron chi connectivity index (χ2n) is 5.27. The Bertz CT molecular complexity index is 396. The van der Waals surface area contributed by atoms with Crippen molar-refractivity contribution >= 4 is 11.6 Å². The second kappa shape index (κ2) is 4.89. The van der Waals surface area contributed by atoms with Gasteiger partial charge in [0.15, 0.2) is 0 Å². The quantitative estimate of drug-likeness (QED) is 0.703. The number of rotatable bonds is 2. The van der Waals surface area contributed by atoms with Crippen LogP contribution in [-0.4, -0.2) is 6.61 Å². The van der Waals surface area contributed by atoms with Crippen LogP contribution >= 0.6 is 11.6 Å². The number of hydrogen-bond acceptors (Lipinski definition) is 1. The highest BCUT2D eigenvalue weighted by Gasteiger charge is 2.25. The van der Waals surface area contributed by atoms with Gasteiger partial charge in [0.25, 0.3) is 0 Å². The maximum absolute atomic E-state index is 6.61. The molecule has 2 aliphatic rings. The molecule has 1 aromatic carbocycles. The van der Waals surface area contributed by atoms with E-state index in [4.69, 9.17) is 16.3 Å². The van der Waals surface area contributed by atoms with Gasteiger partial charge in [0.1, 0.15) is 5.75 Å². The summed E-state index contributed by atoms with van der Waals surface area (Å²) in [5, 5.41) is 0.199. The average Bonchev–Trinajstić information content (AvgIpc) is 2.91. The van der Waals surface area contributed by atoms with Gasteiger partial charge in [-0.25, -0.2) is 0 Å². The molecule has 1 nitrogen and oxygen atoms in total. The molecule has 0 spiro atoms. The lowest BCUT2D eigenvalue weighted by Crippen LogP contribution is -2.10. The molecule has 92 valence electrons. The SMILES string of the molecule is ClC(c1ccc2c(c1)CCCO2)C1CCCC1. The van der Waals surface area contributed by atoms with Crippen LogP contribution in [0.2, 0.25) is 0 Å². The van der Waals surface area contributed by atoms with Crippen molar-refractivity contribution in [3.8, 4) is 5.75 Å². The molecule has 1 atom stereocenters. The second-order valence-corrected chi connectivity index (χ2v) is 5.74. The van der Waals surface area contributed by atoms with Gasteiger partial charge in [-0.2, -0.15) is 0 Å². The zero-order chi connectivity index (χ0) is 11.7. The summed E-state index contributed by atoms with van der Waals surface area (Å²) in [6.45, 7) is 0.860. The van der Waals surface area contributed by atoms with Crippen LogP contribution in [0.4, 0.5) is 0 Å². The molecule has 0 saturated heterocycles.